The van der Waals surface area contributed by atoms with Gasteiger partial charge in [0.2, 0.25) is 0 Å². The van der Waals surface area contributed by atoms with Crippen LogP contribution in [-0.2, 0) is 12.8 Å². The van der Waals surface area contributed by atoms with E-state index < -0.39 is 0 Å². The molecule has 0 aromatic carbocycles. The van der Waals surface area contributed by atoms with Gasteiger partial charge in [0.25, 0.3) is 0 Å². The molecule has 4 nitrogen and oxygen atoms in total. The van der Waals surface area contributed by atoms with Crippen LogP contribution in [0.4, 0.5) is 0 Å². The van der Waals surface area contributed by atoms with Gasteiger partial charge in [0.15, 0.2) is 0 Å². The fourth-order valence-electron chi connectivity index (χ4n) is 2.39. The molecule has 0 saturated heterocycles. The first-order chi connectivity index (χ1) is 8.83. The molecule has 1 unspecified atom stereocenters. The highest BCUT2D eigenvalue weighted by atomic mass is 14.9. The van der Waals surface area contributed by atoms with Crippen molar-refractivity contribution in [2.24, 2.45) is 5.73 Å². The van der Waals surface area contributed by atoms with Crippen LogP contribution in [0.15, 0.2) is 30.7 Å². The van der Waals surface area contributed by atoms with Crippen LogP contribution < -0.4 is 5.73 Å². The minimum Gasteiger partial charge on any atom is -0.324 e. The van der Waals surface area contributed by atoms with Crippen molar-refractivity contribution in [3.63, 3.8) is 0 Å². The molecule has 2 N–H and O–H groups in total. The number of hydrogen-bond acceptors (Lipinski definition) is 4. The predicted molar refractivity (Wildman–Crippen MR) is 68.9 cm³/mol. The van der Waals surface area contributed by atoms with Crippen LogP contribution in [0.25, 0.3) is 0 Å². The number of rotatable bonds is 2. The molecule has 92 valence electrons. The lowest BCUT2D eigenvalue weighted by Crippen LogP contribution is -2.19. The van der Waals surface area contributed by atoms with E-state index in [4.69, 9.17) is 5.73 Å². The second-order valence-electron chi connectivity index (χ2n) is 4.73. The summed E-state index contributed by atoms with van der Waals surface area (Å²) < 4.78 is 0. The van der Waals surface area contributed by atoms with Gasteiger partial charge in [0, 0.05) is 42.3 Å². The van der Waals surface area contributed by atoms with E-state index in [0.717, 1.165) is 48.3 Å². The van der Waals surface area contributed by atoms with Crippen molar-refractivity contribution in [2.45, 2.75) is 31.7 Å². The fraction of sp³-hybridized carbons (Fsp3) is 0.357. The monoisotopic (exact) mass is 240 g/mol. The van der Waals surface area contributed by atoms with E-state index in [1.165, 1.54) is 0 Å². The van der Waals surface area contributed by atoms with Gasteiger partial charge in [-0.05, 0) is 30.9 Å². The molecule has 18 heavy (non-hydrogen) atoms. The molecule has 0 bridgehead atoms. The fourth-order valence-corrected chi connectivity index (χ4v) is 2.39. The van der Waals surface area contributed by atoms with E-state index in [1.807, 2.05) is 24.5 Å². The van der Waals surface area contributed by atoms with Gasteiger partial charge in [-0.1, -0.05) is 6.07 Å². The summed E-state index contributed by atoms with van der Waals surface area (Å²) in [7, 11) is 0. The average Bonchev–Trinajstić information content (AvgIpc) is 2.40. The summed E-state index contributed by atoms with van der Waals surface area (Å²) in [6.07, 6.45) is 9.44. The van der Waals surface area contributed by atoms with Gasteiger partial charge < -0.3 is 5.73 Å². The number of nitrogens with two attached hydrogens (primary N) is 1. The highest BCUT2D eigenvalue weighted by Crippen LogP contribution is 2.25. The van der Waals surface area contributed by atoms with Crippen LogP contribution in [0.1, 0.15) is 41.5 Å². The van der Waals surface area contributed by atoms with E-state index >= 15 is 0 Å². The number of hydrogen-bond donors (Lipinski definition) is 1. The Hall–Kier alpha value is -1.81. The number of pyridine rings is 1. The summed E-state index contributed by atoms with van der Waals surface area (Å²) in [6.45, 7) is 0. The third kappa shape index (κ3) is 2.24. The summed E-state index contributed by atoms with van der Waals surface area (Å²) in [4.78, 5) is 13.2. The topological polar surface area (TPSA) is 64.7 Å². The second kappa shape index (κ2) is 4.82. The van der Waals surface area contributed by atoms with E-state index in [-0.39, 0.29) is 6.04 Å². The molecular formula is C14H16N4. The predicted octanol–water partition coefficient (Wildman–Crippen LogP) is 1.80. The molecule has 1 aliphatic carbocycles. The Labute approximate surface area is 106 Å². The van der Waals surface area contributed by atoms with Crippen molar-refractivity contribution >= 4 is 0 Å². The Morgan fingerprint density at radius 1 is 1.33 bits per heavy atom. The van der Waals surface area contributed by atoms with Crippen LogP contribution in [0.3, 0.4) is 0 Å². The molecule has 4 heteroatoms. The average molecular weight is 240 g/mol. The minimum absolute atomic E-state index is 0.112. The van der Waals surface area contributed by atoms with Gasteiger partial charge in [-0.15, -0.1) is 0 Å². The molecule has 2 aromatic heterocycles. The van der Waals surface area contributed by atoms with Crippen LogP contribution in [0, 0.1) is 0 Å². The SMILES string of the molecule is NC1CCCc2nc(Cc3cccnc3)ncc21. The van der Waals surface area contributed by atoms with Crippen molar-refractivity contribution in [1.29, 1.82) is 0 Å². The molecule has 0 amide bonds. The van der Waals surface area contributed by atoms with Gasteiger partial charge >= 0.3 is 0 Å². The lowest BCUT2D eigenvalue weighted by molar-refractivity contribution is 0.553. The highest BCUT2D eigenvalue weighted by molar-refractivity contribution is 5.25. The third-order valence-corrected chi connectivity index (χ3v) is 3.36. The molecule has 1 atom stereocenters. The Bertz CT molecular complexity index is 539. The lowest BCUT2D eigenvalue weighted by Gasteiger charge is -2.20. The van der Waals surface area contributed by atoms with Crippen molar-refractivity contribution < 1.29 is 0 Å². The molecule has 0 spiro atoms. The lowest BCUT2D eigenvalue weighted by atomic mass is 9.93. The van der Waals surface area contributed by atoms with Gasteiger partial charge in [0.05, 0.1) is 0 Å². The number of fused-ring (bicyclic) bond motifs is 1. The zero-order valence-corrected chi connectivity index (χ0v) is 10.2. The summed E-state index contributed by atoms with van der Waals surface area (Å²) >= 11 is 0. The Balaban J connectivity index is 1.86. The van der Waals surface area contributed by atoms with Crippen LogP contribution in [0.2, 0.25) is 0 Å². The number of aromatic nitrogens is 3. The maximum Gasteiger partial charge on any atom is 0.132 e. The minimum atomic E-state index is 0.112. The zero-order chi connectivity index (χ0) is 12.4. The van der Waals surface area contributed by atoms with Crippen molar-refractivity contribution in [2.75, 3.05) is 0 Å². The van der Waals surface area contributed by atoms with Crippen molar-refractivity contribution in [3.05, 3.63) is 53.4 Å². The standard InChI is InChI=1S/C14H16N4/c15-12-4-1-5-13-11(12)9-17-14(18-13)7-10-3-2-6-16-8-10/h2-3,6,8-9,12H,1,4-5,7,15H2. The van der Waals surface area contributed by atoms with Crippen LogP contribution in [-0.4, -0.2) is 15.0 Å². The van der Waals surface area contributed by atoms with Crippen molar-refractivity contribution in [3.8, 4) is 0 Å². The van der Waals surface area contributed by atoms with Gasteiger partial charge in [-0.3, -0.25) is 4.98 Å². The first-order valence-corrected chi connectivity index (χ1v) is 6.32. The Morgan fingerprint density at radius 2 is 2.28 bits per heavy atom. The summed E-state index contributed by atoms with van der Waals surface area (Å²) in [6, 6.07) is 4.09. The molecule has 2 aromatic rings. The molecular weight excluding hydrogens is 224 g/mol. The molecule has 0 aliphatic heterocycles. The summed E-state index contributed by atoms with van der Waals surface area (Å²) in [5.41, 5.74) is 9.44. The molecule has 2 heterocycles. The maximum absolute atomic E-state index is 6.06. The van der Waals surface area contributed by atoms with Gasteiger partial charge in [-0.2, -0.15) is 0 Å². The highest BCUT2D eigenvalue weighted by Gasteiger charge is 2.18. The quantitative estimate of drug-likeness (QED) is 0.869. The van der Waals surface area contributed by atoms with Gasteiger partial charge in [-0.25, -0.2) is 9.97 Å². The zero-order valence-electron chi connectivity index (χ0n) is 10.2. The second-order valence-corrected chi connectivity index (χ2v) is 4.73. The third-order valence-electron chi connectivity index (χ3n) is 3.36. The molecule has 3 rings (SSSR count). The number of nitrogens with zero attached hydrogens (tertiary/aromatic N) is 3. The Kier molecular flexibility index (Phi) is 3.02. The van der Waals surface area contributed by atoms with Crippen molar-refractivity contribution in [1.82, 2.24) is 15.0 Å². The normalized spacial score (nSPS) is 18.4. The molecule has 0 saturated carbocycles. The molecule has 1 aliphatic rings. The van der Waals surface area contributed by atoms with E-state index in [0.29, 0.717) is 0 Å². The largest absolute Gasteiger partial charge is 0.324 e. The Morgan fingerprint density at radius 3 is 3.11 bits per heavy atom. The summed E-state index contributed by atoms with van der Waals surface area (Å²) in [5.74, 6) is 0.857. The van der Waals surface area contributed by atoms with Crippen LogP contribution >= 0.6 is 0 Å². The summed E-state index contributed by atoms with van der Waals surface area (Å²) in [5, 5.41) is 0. The first-order valence-electron chi connectivity index (χ1n) is 6.32. The molecule has 0 fully saturated rings. The molecule has 0 radical (unpaired) electrons. The number of aryl methyl sites for hydroxylation is 1. The smallest absolute Gasteiger partial charge is 0.132 e. The van der Waals surface area contributed by atoms with Crippen LogP contribution in [0.5, 0.6) is 0 Å². The van der Waals surface area contributed by atoms with E-state index in [9.17, 15) is 0 Å². The maximum atomic E-state index is 6.06. The first kappa shape index (κ1) is 11.3. The van der Waals surface area contributed by atoms with Gasteiger partial charge in [0.1, 0.15) is 5.82 Å². The van der Waals surface area contributed by atoms with E-state index in [1.54, 1.807) is 6.20 Å². The van der Waals surface area contributed by atoms with E-state index in [2.05, 4.69) is 15.0 Å².